The lowest BCUT2D eigenvalue weighted by Gasteiger charge is -2.31. The highest BCUT2D eigenvalue weighted by Gasteiger charge is 2.40. The van der Waals surface area contributed by atoms with E-state index in [0.717, 1.165) is 32.1 Å². The van der Waals surface area contributed by atoms with E-state index >= 15 is 0 Å². The Balaban J connectivity index is 0. The molecule has 2 unspecified atom stereocenters. The Morgan fingerprint density at radius 3 is 1.42 bits per heavy atom. The summed E-state index contributed by atoms with van der Waals surface area (Å²) in [7, 11) is 0. The van der Waals surface area contributed by atoms with Crippen LogP contribution in [-0.4, -0.2) is 34.5 Å². The Hall–Kier alpha value is -0.870. The van der Waals surface area contributed by atoms with Crippen molar-refractivity contribution < 1.29 is 19.7 Å². The van der Waals surface area contributed by atoms with Crippen LogP contribution in [0.2, 0.25) is 0 Å². The van der Waals surface area contributed by atoms with Gasteiger partial charge in [-0.15, -0.1) is 6.58 Å². The molecule has 0 aliphatic carbocycles. The molecule has 0 saturated heterocycles. The van der Waals surface area contributed by atoms with E-state index in [-0.39, 0.29) is 6.42 Å². The Morgan fingerprint density at radius 1 is 0.750 bits per heavy atom. The number of carboxylic acid groups (broad SMARTS) is 1. The number of aliphatic hydroxyl groups excluding tert-OH is 1. The van der Waals surface area contributed by atoms with Crippen LogP contribution in [0.3, 0.4) is 0 Å². The van der Waals surface area contributed by atoms with E-state index in [4.69, 9.17) is 4.74 Å². The molecule has 216 valence electrons. The molecule has 0 heterocycles. The van der Waals surface area contributed by atoms with E-state index in [0.29, 0.717) is 13.0 Å². The van der Waals surface area contributed by atoms with Gasteiger partial charge in [-0.1, -0.05) is 135 Å². The van der Waals surface area contributed by atoms with Gasteiger partial charge in [0.15, 0.2) is 5.60 Å². The normalized spacial score (nSPS) is 13.5. The molecule has 4 nitrogen and oxygen atoms in total. The van der Waals surface area contributed by atoms with Crippen LogP contribution in [0.4, 0.5) is 0 Å². The third-order valence-electron chi connectivity index (χ3n) is 6.83. The number of carbonyl (C=O) groups is 1. The Labute approximate surface area is 225 Å². The monoisotopic (exact) mass is 512 g/mol. The molecular weight excluding hydrogens is 448 g/mol. The average Bonchev–Trinajstić information content (AvgIpc) is 2.83. The van der Waals surface area contributed by atoms with Gasteiger partial charge in [-0.3, -0.25) is 0 Å². The first-order valence-corrected chi connectivity index (χ1v) is 15.5. The maximum atomic E-state index is 12.1. The van der Waals surface area contributed by atoms with Gasteiger partial charge in [0.25, 0.3) is 0 Å². The Bertz CT molecular complexity index is 463. The minimum Gasteiger partial charge on any atom is -0.479 e. The first-order valence-electron chi connectivity index (χ1n) is 15.5. The summed E-state index contributed by atoms with van der Waals surface area (Å²) in [6, 6.07) is 0. The van der Waals surface area contributed by atoms with Crippen molar-refractivity contribution in [2.24, 2.45) is 0 Å². The van der Waals surface area contributed by atoms with Gasteiger partial charge in [0.05, 0.1) is 6.10 Å². The summed E-state index contributed by atoms with van der Waals surface area (Å²) in [5.74, 6) is -0.911. The van der Waals surface area contributed by atoms with E-state index in [1.54, 1.807) is 13.0 Å². The van der Waals surface area contributed by atoms with Crippen LogP contribution in [0.5, 0.6) is 0 Å². The molecule has 0 aromatic heterocycles. The van der Waals surface area contributed by atoms with E-state index < -0.39 is 17.7 Å². The van der Waals surface area contributed by atoms with E-state index in [1.165, 1.54) is 96.3 Å². The molecule has 2 N–H and O–H groups in total. The molecule has 0 radical (unpaired) electrons. The lowest BCUT2D eigenvalue weighted by Crippen LogP contribution is -2.44. The molecule has 0 aromatic rings. The second-order valence-corrected chi connectivity index (χ2v) is 10.7. The summed E-state index contributed by atoms with van der Waals surface area (Å²) in [6.07, 6.45) is 26.5. The number of hydrogen-bond donors (Lipinski definition) is 2. The number of rotatable bonds is 26. The van der Waals surface area contributed by atoms with Crippen molar-refractivity contribution >= 4 is 5.97 Å². The second kappa shape index (κ2) is 28.7. The predicted molar refractivity (Wildman–Crippen MR) is 157 cm³/mol. The lowest BCUT2D eigenvalue weighted by atomic mass is 9.89. The standard InChI is InChI=1S/C29H58O4.C3H6/c1-4-6-8-10-12-14-15-16-17-18-20-22-24-29(28(31)32,26-27(3)30)33-25-23-21-19-13-11-9-7-5-2;1-3-2/h27,30H,4-26H2,1-3H3,(H,31,32);3H,1H2,2H3. The maximum Gasteiger partial charge on any atom is 0.336 e. The van der Waals surface area contributed by atoms with E-state index in [9.17, 15) is 15.0 Å². The smallest absolute Gasteiger partial charge is 0.336 e. The van der Waals surface area contributed by atoms with Crippen LogP contribution in [0, 0.1) is 0 Å². The zero-order valence-electron chi connectivity index (χ0n) is 24.8. The zero-order valence-corrected chi connectivity index (χ0v) is 24.8. The minimum absolute atomic E-state index is 0.178. The van der Waals surface area contributed by atoms with Crippen LogP contribution in [0.15, 0.2) is 12.7 Å². The maximum absolute atomic E-state index is 12.1. The first-order chi connectivity index (χ1) is 17.4. The largest absolute Gasteiger partial charge is 0.479 e. The average molecular weight is 513 g/mol. The van der Waals surface area contributed by atoms with Gasteiger partial charge >= 0.3 is 5.97 Å². The topological polar surface area (TPSA) is 66.8 Å². The molecule has 0 aliphatic heterocycles. The number of ether oxygens (including phenoxy) is 1. The van der Waals surface area contributed by atoms with Crippen molar-refractivity contribution in [3.63, 3.8) is 0 Å². The molecule has 0 saturated carbocycles. The number of hydrogen-bond acceptors (Lipinski definition) is 3. The Kier molecular flexibility index (Phi) is 29.7. The molecule has 0 aliphatic rings. The van der Waals surface area contributed by atoms with Crippen molar-refractivity contribution in [1.82, 2.24) is 0 Å². The summed E-state index contributed by atoms with van der Waals surface area (Å²) in [6.45, 7) is 11.9. The summed E-state index contributed by atoms with van der Waals surface area (Å²) in [5.41, 5.74) is -1.23. The molecule has 0 bridgehead atoms. The highest BCUT2D eigenvalue weighted by Crippen LogP contribution is 2.27. The van der Waals surface area contributed by atoms with E-state index in [2.05, 4.69) is 20.4 Å². The molecule has 0 rings (SSSR count). The molecule has 0 spiro atoms. The van der Waals surface area contributed by atoms with Gasteiger partial charge in [0.2, 0.25) is 0 Å². The molecule has 36 heavy (non-hydrogen) atoms. The third kappa shape index (κ3) is 24.8. The third-order valence-corrected chi connectivity index (χ3v) is 6.83. The molecule has 2 atom stereocenters. The van der Waals surface area contributed by atoms with Crippen LogP contribution < -0.4 is 0 Å². The summed E-state index contributed by atoms with van der Waals surface area (Å²) in [4.78, 5) is 12.1. The fourth-order valence-electron chi connectivity index (χ4n) is 4.72. The van der Waals surface area contributed by atoms with Crippen molar-refractivity contribution in [3.05, 3.63) is 12.7 Å². The molecule has 0 amide bonds. The van der Waals surface area contributed by atoms with Crippen molar-refractivity contribution in [1.29, 1.82) is 0 Å². The zero-order chi connectivity index (χ0) is 27.3. The molecule has 4 heteroatoms. The SMILES string of the molecule is C=CC.CCCCCCCCCCCCCCC(CC(C)O)(OCCCCCCCCCC)C(=O)O. The van der Waals surface area contributed by atoms with Gasteiger partial charge in [0.1, 0.15) is 0 Å². The first kappa shape index (κ1) is 37.3. The van der Waals surface area contributed by atoms with E-state index in [1.807, 2.05) is 6.92 Å². The van der Waals surface area contributed by atoms with Gasteiger partial charge in [-0.2, -0.15) is 0 Å². The van der Waals surface area contributed by atoms with Gasteiger partial charge < -0.3 is 14.9 Å². The highest BCUT2D eigenvalue weighted by atomic mass is 16.5. The highest BCUT2D eigenvalue weighted by molar-refractivity contribution is 5.77. The second-order valence-electron chi connectivity index (χ2n) is 10.7. The number of allylic oxidation sites excluding steroid dienone is 1. The molecular formula is C32H64O4. The van der Waals surface area contributed by atoms with Gasteiger partial charge in [0, 0.05) is 13.0 Å². The van der Waals surface area contributed by atoms with Gasteiger partial charge in [-0.05, 0) is 33.1 Å². The Morgan fingerprint density at radius 2 is 1.08 bits per heavy atom. The lowest BCUT2D eigenvalue weighted by molar-refractivity contribution is -0.172. The van der Waals surface area contributed by atoms with Crippen LogP contribution in [-0.2, 0) is 9.53 Å². The van der Waals surface area contributed by atoms with Crippen LogP contribution in [0.1, 0.15) is 169 Å². The molecule has 0 aromatic carbocycles. The number of aliphatic hydroxyl groups is 1. The fourth-order valence-corrected chi connectivity index (χ4v) is 4.72. The summed E-state index contributed by atoms with van der Waals surface area (Å²) in [5, 5.41) is 19.9. The van der Waals surface area contributed by atoms with Crippen LogP contribution >= 0.6 is 0 Å². The van der Waals surface area contributed by atoms with Gasteiger partial charge in [-0.25, -0.2) is 4.79 Å². The van der Waals surface area contributed by atoms with Crippen LogP contribution in [0.25, 0.3) is 0 Å². The number of aliphatic carboxylic acids is 1. The fraction of sp³-hybridized carbons (Fsp3) is 0.906. The number of carboxylic acids is 1. The van der Waals surface area contributed by atoms with Crippen molar-refractivity contribution in [2.75, 3.05) is 6.61 Å². The minimum atomic E-state index is -1.23. The quantitative estimate of drug-likeness (QED) is 0.0893. The predicted octanol–water partition coefficient (Wildman–Crippen LogP) is 10.0. The molecule has 0 fully saturated rings. The summed E-state index contributed by atoms with van der Waals surface area (Å²) < 4.78 is 5.99. The van der Waals surface area contributed by atoms with Crippen molar-refractivity contribution in [2.45, 2.75) is 181 Å². The summed E-state index contributed by atoms with van der Waals surface area (Å²) >= 11 is 0. The van der Waals surface area contributed by atoms with Crippen molar-refractivity contribution in [3.8, 4) is 0 Å². The number of unbranched alkanes of at least 4 members (excludes halogenated alkanes) is 18.